The van der Waals surface area contributed by atoms with Crippen LogP contribution in [0.1, 0.15) is 50.8 Å². The summed E-state index contributed by atoms with van der Waals surface area (Å²) in [5.74, 6) is -8.68. The lowest BCUT2D eigenvalue weighted by atomic mass is 10.00. The summed E-state index contributed by atoms with van der Waals surface area (Å²) in [7, 11) is 0. The summed E-state index contributed by atoms with van der Waals surface area (Å²) < 4.78 is 75.0. The summed E-state index contributed by atoms with van der Waals surface area (Å²) in [4.78, 5) is 28.5. The highest BCUT2D eigenvalue weighted by Crippen LogP contribution is 2.37. The second kappa shape index (κ2) is 10.1. The van der Waals surface area contributed by atoms with Crippen molar-refractivity contribution in [2.45, 2.75) is 46.5 Å². The molecule has 4 aromatic rings. The van der Waals surface area contributed by atoms with E-state index < -0.39 is 51.7 Å². The third-order valence-electron chi connectivity index (χ3n) is 7.22. The van der Waals surface area contributed by atoms with Crippen molar-refractivity contribution in [3.05, 3.63) is 69.2 Å². The minimum atomic E-state index is -2.07. The first-order valence-corrected chi connectivity index (χ1v) is 12.9. The summed E-state index contributed by atoms with van der Waals surface area (Å²) in [6, 6.07) is 2.62. The lowest BCUT2D eigenvalue weighted by Gasteiger charge is -2.32. The number of nitrogens with two attached hydrogens (primary N) is 1. The quantitative estimate of drug-likeness (QED) is 0.148. The van der Waals surface area contributed by atoms with Crippen LogP contribution >= 0.6 is 0 Å². The third-order valence-corrected chi connectivity index (χ3v) is 7.22. The van der Waals surface area contributed by atoms with Crippen molar-refractivity contribution < 1.29 is 22.0 Å². The molecule has 1 aromatic carbocycles. The van der Waals surface area contributed by atoms with E-state index in [1.807, 2.05) is 25.7 Å². The predicted octanol–water partition coefficient (Wildman–Crippen LogP) is 5.79. The number of hydrogen-bond donors (Lipinski definition) is 1. The van der Waals surface area contributed by atoms with Gasteiger partial charge in [0.15, 0.2) is 34.7 Å². The van der Waals surface area contributed by atoms with Crippen molar-refractivity contribution >= 4 is 22.5 Å². The van der Waals surface area contributed by atoms with E-state index in [2.05, 4.69) is 15.0 Å². The van der Waals surface area contributed by atoms with E-state index in [4.69, 9.17) is 5.73 Å². The van der Waals surface area contributed by atoms with Crippen molar-refractivity contribution in [3.8, 4) is 16.9 Å². The normalized spacial score (nSPS) is 15.8. The molecule has 2 N–H and O–H groups in total. The molecule has 1 aliphatic heterocycles. The number of hydrogen-bond acceptors (Lipinski definition) is 6. The zero-order valence-corrected chi connectivity index (χ0v) is 22.3. The molecule has 40 heavy (non-hydrogen) atoms. The number of fused-ring (bicyclic) bond motifs is 1. The maximum absolute atomic E-state index is 15.7. The van der Waals surface area contributed by atoms with E-state index in [0.29, 0.717) is 30.0 Å². The minimum absolute atomic E-state index is 0.101. The number of pyridine rings is 2. The number of aromatic nitrogens is 4. The Morgan fingerprint density at radius 2 is 1.77 bits per heavy atom. The van der Waals surface area contributed by atoms with Gasteiger partial charge in [0, 0.05) is 19.3 Å². The molecule has 0 aliphatic carbocycles. The molecule has 3 aromatic heterocycles. The molecule has 210 valence electrons. The first kappa shape index (κ1) is 27.5. The van der Waals surface area contributed by atoms with Crippen LogP contribution < -0.4 is 16.3 Å². The fourth-order valence-corrected chi connectivity index (χ4v) is 5.25. The monoisotopic (exact) mass is 558 g/mol. The summed E-state index contributed by atoms with van der Waals surface area (Å²) in [5.41, 5.74) is 2.24. The van der Waals surface area contributed by atoms with Gasteiger partial charge in [0.1, 0.15) is 17.2 Å². The largest absolute Gasteiger partial charge is 0.394 e. The molecule has 1 atom stereocenters. The highest BCUT2D eigenvalue weighted by molar-refractivity contribution is 5.90. The van der Waals surface area contributed by atoms with E-state index in [1.165, 1.54) is 0 Å². The number of halogens is 5. The number of nitrogens with zero attached hydrogens (tertiary/aromatic N) is 5. The maximum atomic E-state index is 15.7. The second-order valence-electron chi connectivity index (χ2n) is 10.5. The van der Waals surface area contributed by atoms with Crippen LogP contribution in [0.3, 0.4) is 0 Å². The first-order valence-electron chi connectivity index (χ1n) is 12.9. The molecule has 0 saturated carbocycles. The predicted molar refractivity (Wildman–Crippen MR) is 142 cm³/mol. The van der Waals surface area contributed by atoms with Crippen LogP contribution in [-0.2, 0) is 0 Å². The van der Waals surface area contributed by atoms with E-state index >= 15 is 8.78 Å². The van der Waals surface area contributed by atoms with Gasteiger partial charge in [-0.15, -0.1) is 0 Å². The van der Waals surface area contributed by atoms with Gasteiger partial charge < -0.3 is 10.6 Å². The second-order valence-corrected chi connectivity index (χ2v) is 10.5. The molecular formula is C28H27F5N6O. The fraction of sp³-hybridized carbons (Fsp3) is 0.357. The lowest BCUT2D eigenvalue weighted by Crippen LogP contribution is -2.37. The van der Waals surface area contributed by atoms with Crippen LogP contribution in [0.25, 0.3) is 28.0 Å². The van der Waals surface area contributed by atoms with Crippen LogP contribution in [0.2, 0.25) is 0 Å². The highest BCUT2D eigenvalue weighted by atomic mass is 19.2. The van der Waals surface area contributed by atoms with Crippen molar-refractivity contribution in [3.63, 3.8) is 0 Å². The maximum Gasteiger partial charge on any atom is 0.355 e. The Morgan fingerprint density at radius 1 is 1.05 bits per heavy atom. The van der Waals surface area contributed by atoms with Gasteiger partial charge in [-0.3, -0.25) is 4.98 Å². The topological polar surface area (TPSA) is 89.9 Å². The standard InChI is InChI=1S/C28H27F5N6O/c1-12(2)23-25(14(4)7-8-35-23)39-27-15(26(37-28(39)40)38-9-5-6-13(3)11-38)10-16(29)24(36-27)17-18(30)20(32)21(33)22(34)19(17)31/h7-8,10,12-13H,5-6,9,11,34H2,1-4H3/t13-/m0/s1. The first-order chi connectivity index (χ1) is 18.9. The Bertz CT molecular complexity index is 1690. The van der Waals surface area contributed by atoms with Gasteiger partial charge in [0.05, 0.1) is 22.3 Å². The fourth-order valence-electron chi connectivity index (χ4n) is 5.25. The Balaban J connectivity index is 1.93. The Hall–Kier alpha value is -4.09. The molecule has 5 rings (SSSR count). The average Bonchev–Trinajstić information content (AvgIpc) is 2.91. The molecule has 0 bridgehead atoms. The number of anilines is 2. The Morgan fingerprint density at radius 3 is 2.45 bits per heavy atom. The molecule has 1 aliphatic rings. The number of nitrogen functional groups attached to an aromatic ring is 1. The van der Waals surface area contributed by atoms with Gasteiger partial charge in [0.25, 0.3) is 0 Å². The zero-order valence-electron chi connectivity index (χ0n) is 22.3. The number of aryl methyl sites for hydroxylation is 1. The SMILES string of the molecule is Cc1ccnc(C(C)C)c1-n1c(=O)nc(N2CCC[C@H](C)C2)c2cc(F)c(-c3c(F)c(N)c(F)c(F)c3F)nc21. The Kier molecular flexibility index (Phi) is 6.97. The number of rotatable bonds is 4. The van der Waals surface area contributed by atoms with Crippen LogP contribution in [0.5, 0.6) is 0 Å². The third kappa shape index (κ3) is 4.35. The molecule has 0 spiro atoms. The van der Waals surface area contributed by atoms with Gasteiger partial charge in [-0.1, -0.05) is 20.8 Å². The van der Waals surface area contributed by atoms with Crippen molar-refractivity contribution in [1.82, 2.24) is 19.5 Å². The van der Waals surface area contributed by atoms with Gasteiger partial charge in [0.2, 0.25) is 0 Å². The molecule has 4 heterocycles. The van der Waals surface area contributed by atoms with E-state index in [-0.39, 0.29) is 28.7 Å². The summed E-state index contributed by atoms with van der Waals surface area (Å²) in [5, 5.41) is 0.101. The molecule has 0 amide bonds. The van der Waals surface area contributed by atoms with E-state index in [9.17, 15) is 18.0 Å². The molecular weight excluding hydrogens is 531 g/mol. The lowest BCUT2D eigenvalue weighted by molar-refractivity contribution is 0.440. The molecule has 1 fully saturated rings. The molecule has 1 saturated heterocycles. The van der Waals surface area contributed by atoms with Gasteiger partial charge >= 0.3 is 5.69 Å². The molecule has 7 nitrogen and oxygen atoms in total. The number of piperidine rings is 1. The van der Waals surface area contributed by atoms with Crippen molar-refractivity contribution in [2.75, 3.05) is 23.7 Å². The highest BCUT2D eigenvalue weighted by Gasteiger charge is 2.30. The minimum Gasteiger partial charge on any atom is -0.394 e. The van der Waals surface area contributed by atoms with Crippen molar-refractivity contribution in [1.29, 1.82) is 0 Å². The van der Waals surface area contributed by atoms with E-state index in [0.717, 1.165) is 23.5 Å². The van der Waals surface area contributed by atoms with Crippen LogP contribution in [0.15, 0.2) is 23.1 Å². The molecule has 12 heteroatoms. The molecule has 0 radical (unpaired) electrons. The van der Waals surface area contributed by atoms with Crippen LogP contribution in [0.4, 0.5) is 33.5 Å². The van der Waals surface area contributed by atoms with Crippen LogP contribution in [0, 0.1) is 41.9 Å². The summed E-state index contributed by atoms with van der Waals surface area (Å²) in [6.07, 6.45) is 3.35. The number of benzene rings is 1. The van der Waals surface area contributed by atoms with E-state index in [1.54, 1.807) is 19.2 Å². The summed E-state index contributed by atoms with van der Waals surface area (Å²) >= 11 is 0. The molecule has 0 unspecified atom stereocenters. The van der Waals surface area contributed by atoms with Crippen molar-refractivity contribution in [2.24, 2.45) is 5.92 Å². The van der Waals surface area contributed by atoms with Gasteiger partial charge in [-0.2, -0.15) is 4.98 Å². The van der Waals surface area contributed by atoms with Gasteiger partial charge in [-0.05, 0) is 49.3 Å². The van der Waals surface area contributed by atoms with Gasteiger partial charge in [-0.25, -0.2) is 36.3 Å². The average molecular weight is 559 g/mol. The zero-order chi connectivity index (χ0) is 29.0. The summed E-state index contributed by atoms with van der Waals surface area (Å²) in [6.45, 7) is 8.60. The Labute approximate surface area is 226 Å². The van der Waals surface area contributed by atoms with Crippen LogP contribution in [-0.4, -0.2) is 32.6 Å². The smallest absolute Gasteiger partial charge is 0.355 e.